The minimum Gasteiger partial charge on any atom is -0.378 e. The highest BCUT2D eigenvalue weighted by Crippen LogP contribution is 2.29. The molecular weight excluding hydrogens is 382 g/mol. The van der Waals surface area contributed by atoms with Gasteiger partial charge in [-0.3, -0.25) is 4.90 Å². The monoisotopic (exact) mass is 411 g/mol. The van der Waals surface area contributed by atoms with Crippen molar-refractivity contribution in [3.63, 3.8) is 0 Å². The van der Waals surface area contributed by atoms with Crippen LogP contribution < -0.4 is 4.90 Å². The van der Waals surface area contributed by atoms with E-state index in [0.717, 1.165) is 36.5 Å². The van der Waals surface area contributed by atoms with Crippen LogP contribution in [0.1, 0.15) is 30.0 Å². The number of rotatable bonds is 5. The molecule has 0 bridgehead atoms. The van der Waals surface area contributed by atoms with Crippen molar-refractivity contribution in [1.82, 2.24) is 19.5 Å². The molecule has 2 aromatic carbocycles. The molecule has 0 aliphatic carbocycles. The number of piperidine rings is 1. The fraction of sp³-hybridized carbons (Fsp3) is 0.308. The first-order chi connectivity index (χ1) is 15.2. The summed E-state index contributed by atoms with van der Waals surface area (Å²) in [6.07, 6.45) is 4.33. The first-order valence-electron chi connectivity index (χ1n) is 11.1. The van der Waals surface area contributed by atoms with E-state index >= 15 is 0 Å². The molecule has 0 spiro atoms. The first-order valence-corrected chi connectivity index (χ1v) is 11.1. The summed E-state index contributed by atoms with van der Waals surface area (Å²) in [6.45, 7) is 3.22. The molecule has 5 rings (SSSR count). The van der Waals surface area contributed by atoms with Gasteiger partial charge in [-0.05, 0) is 43.1 Å². The lowest BCUT2D eigenvalue weighted by molar-refractivity contribution is 0.197. The van der Waals surface area contributed by atoms with Crippen molar-refractivity contribution in [2.24, 2.45) is 0 Å². The summed E-state index contributed by atoms with van der Waals surface area (Å²) in [4.78, 5) is 9.27. The summed E-state index contributed by atoms with van der Waals surface area (Å²) in [5.74, 6) is 0.465. The predicted octanol–water partition coefficient (Wildman–Crippen LogP) is 4.84. The molecule has 0 radical (unpaired) electrons. The van der Waals surface area contributed by atoms with Crippen molar-refractivity contribution in [2.45, 2.75) is 25.3 Å². The Balaban J connectivity index is 1.41. The van der Waals surface area contributed by atoms with Gasteiger partial charge in [-0.15, -0.1) is 0 Å². The molecule has 0 amide bonds. The van der Waals surface area contributed by atoms with E-state index in [1.165, 1.54) is 29.8 Å². The zero-order valence-corrected chi connectivity index (χ0v) is 18.3. The van der Waals surface area contributed by atoms with Gasteiger partial charge in [0.05, 0.1) is 11.4 Å². The Kier molecular flexibility index (Phi) is 5.43. The van der Waals surface area contributed by atoms with Gasteiger partial charge >= 0.3 is 0 Å². The summed E-state index contributed by atoms with van der Waals surface area (Å²) in [5.41, 5.74) is 6.85. The Bertz CT molecular complexity index is 1150. The second-order valence-corrected chi connectivity index (χ2v) is 8.67. The number of fused-ring (bicyclic) bond motifs is 1. The largest absolute Gasteiger partial charge is 0.378 e. The molecule has 1 saturated heterocycles. The summed E-state index contributed by atoms with van der Waals surface area (Å²) < 4.78 is 2.06. The van der Waals surface area contributed by atoms with Crippen molar-refractivity contribution < 1.29 is 0 Å². The van der Waals surface area contributed by atoms with Crippen LogP contribution in [-0.2, 0) is 6.54 Å². The van der Waals surface area contributed by atoms with Gasteiger partial charge < -0.3 is 4.90 Å². The third kappa shape index (κ3) is 4.19. The molecule has 158 valence electrons. The molecule has 4 aromatic rings. The summed E-state index contributed by atoms with van der Waals surface area (Å²) in [6, 6.07) is 23.6. The van der Waals surface area contributed by atoms with E-state index in [0.29, 0.717) is 5.92 Å². The topological polar surface area (TPSA) is 36.7 Å². The standard InChI is InChI=1S/C26H29N5/c1-29(2)23-12-10-21(11-13-23)24-17-26-27-15-14-25(31(26)28-24)22-9-6-16-30(19-22)18-20-7-4-3-5-8-20/h3-5,7-8,10-15,17,22H,6,9,16,18-19H2,1-2H3. The molecule has 31 heavy (non-hydrogen) atoms. The van der Waals surface area contributed by atoms with E-state index in [1.54, 1.807) is 0 Å². The van der Waals surface area contributed by atoms with Crippen LogP contribution in [0.25, 0.3) is 16.9 Å². The summed E-state index contributed by atoms with van der Waals surface area (Å²) in [5, 5.41) is 4.96. The predicted molar refractivity (Wildman–Crippen MR) is 126 cm³/mol. The van der Waals surface area contributed by atoms with Crippen molar-refractivity contribution >= 4 is 11.3 Å². The van der Waals surface area contributed by atoms with Crippen LogP contribution in [0.4, 0.5) is 5.69 Å². The Morgan fingerprint density at radius 1 is 1.00 bits per heavy atom. The van der Waals surface area contributed by atoms with Gasteiger partial charge in [0, 0.05) is 56.6 Å². The van der Waals surface area contributed by atoms with Crippen molar-refractivity contribution in [3.05, 3.63) is 84.2 Å². The fourth-order valence-electron chi connectivity index (χ4n) is 4.58. The molecular formula is C26H29N5. The third-order valence-electron chi connectivity index (χ3n) is 6.24. The van der Waals surface area contributed by atoms with E-state index in [9.17, 15) is 0 Å². The lowest BCUT2D eigenvalue weighted by Gasteiger charge is -2.33. The molecule has 0 N–H and O–H groups in total. The van der Waals surface area contributed by atoms with Gasteiger partial charge in [0.2, 0.25) is 0 Å². The molecule has 1 fully saturated rings. The fourth-order valence-corrected chi connectivity index (χ4v) is 4.58. The van der Waals surface area contributed by atoms with Crippen molar-refractivity contribution in [1.29, 1.82) is 0 Å². The maximum absolute atomic E-state index is 4.96. The average molecular weight is 412 g/mol. The van der Waals surface area contributed by atoms with Crippen LogP contribution >= 0.6 is 0 Å². The number of benzene rings is 2. The van der Waals surface area contributed by atoms with E-state index in [2.05, 4.69) is 100 Å². The summed E-state index contributed by atoms with van der Waals surface area (Å²) >= 11 is 0. The van der Waals surface area contributed by atoms with Gasteiger partial charge in [-0.1, -0.05) is 42.5 Å². The number of aromatic nitrogens is 3. The Labute approximate surface area is 184 Å². The molecule has 5 heteroatoms. The number of nitrogens with zero attached hydrogens (tertiary/aromatic N) is 5. The van der Waals surface area contributed by atoms with E-state index in [1.807, 2.05) is 6.20 Å². The third-order valence-corrected chi connectivity index (χ3v) is 6.24. The summed E-state index contributed by atoms with van der Waals surface area (Å²) in [7, 11) is 4.11. The van der Waals surface area contributed by atoms with Gasteiger partial charge in [0.1, 0.15) is 0 Å². The van der Waals surface area contributed by atoms with Crippen LogP contribution in [0.2, 0.25) is 0 Å². The molecule has 1 aliphatic heterocycles. The number of likely N-dealkylation sites (tertiary alicyclic amines) is 1. The Morgan fingerprint density at radius 2 is 1.81 bits per heavy atom. The smallest absolute Gasteiger partial charge is 0.155 e. The maximum Gasteiger partial charge on any atom is 0.155 e. The van der Waals surface area contributed by atoms with Gasteiger partial charge in [-0.2, -0.15) is 5.10 Å². The van der Waals surface area contributed by atoms with E-state index in [4.69, 9.17) is 5.10 Å². The Hall–Kier alpha value is -3.18. The minimum absolute atomic E-state index is 0.465. The van der Waals surface area contributed by atoms with Crippen LogP contribution in [0.3, 0.4) is 0 Å². The van der Waals surface area contributed by atoms with E-state index in [-0.39, 0.29) is 0 Å². The van der Waals surface area contributed by atoms with Crippen LogP contribution in [0.15, 0.2) is 72.9 Å². The second-order valence-electron chi connectivity index (χ2n) is 8.67. The van der Waals surface area contributed by atoms with Crippen LogP contribution in [0.5, 0.6) is 0 Å². The van der Waals surface area contributed by atoms with Crippen molar-refractivity contribution in [3.8, 4) is 11.3 Å². The second kappa shape index (κ2) is 8.52. The van der Waals surface area contributed by atoms with Crippen LogP contribution in [0, 0.1) is 0 Å². The quantitative estimate of drug-likeness (QED) is 0.471. The highest BCUT2D eigenvalue weighted by molar-refractivity contribution is 5.66. The van der Waals surface area contributed by atoms with Gasteiger partial charge in [0.15, 0.2) is 5.65 Å². The van der Waals surface area contributed by atoms with Crippen molar-refractivity contribution in [2.75, 3.05) is 32.1 Å². The zero-order chi connectivity index (χ0) is 21.2. The SMILES string of the molecule is CN(C)c1ccc(-c2cc3nccc(C4CCCN(Cc5ccccc5)C4)n3n2)cc1. The first kappa shape index (κ1) is 19.8. The van der Waals surface area contributed by atoms with Gasteiger partial charge in [-0.25, -0.2) is 9.50 Å². The number of anilines is 1. The molecule has 1 aliphatic rings. The highest BCUT2D eigenvalue weighted by atomic mass is 15.3. The zero-order valence-electron chi connectivity index (χ0n) is 18.3. The minimum atomic E-state index is 0.465. The van der Waals surface area contributed by atoms with Gasteiger partial charge in [0.25, 0.3) is 0 Å². The molecule has 0 saturated carbocycles. The lowest BCUT2D eigenvalue weighted by Crippen LogP contribution is -2.34. The average Bonchev–Trinajstić information content (AvgIpc) is 3.24. The van der Waals surface area contributed by atoms with Crippen LogP contribution in [-0.4, -0.2) is 46.7 Å². The highest BCUT2D eigenvalue weighted by Gasteiger charge is 2.24. The number of hydrogen-bond acceptors (Lipinski definition) is 4. The molecule has 1 atom stereocenters. The maximum atomic E-state index is 4.96. The Morgan fingerprint density at radius 3 is 2.58 bits per heavy atom. The molecule has 5 nitrogen and oxygen atoms in total. The number of hydrogen-bond donors (Lipinski definition) is 0. The molecule has 1 unspecified atom stereocenters. The molecule has 3 heterocycles. The molecule has 2 aromatic heterocycles. The normalized spacial score (nSPS) is 17.2. The lowest BCUT2D eigenvalue weighted by atomic mass is 9.94. The van der Waals surface area contributed by atoms with E-state index < -0.39 is 0 Å².